The van der Waals surface area contributed by atoms with Gasteiger partial charge in [0, 0.05) is 30.0 Å². The first kappa shape index (κ1) is 40.0. The van der Waals surface area contributed by atoms with Crippen molar-refractivity contribution >= 4 is 39.7 Å². The number of benzene rings is 4. The molecule has 3 heterocycles. The summed E-state index contributed by atoms with van der Waals surface area (Å²) < 4.78 is 11.2. The topological polar surface area (TPSA) is 146 Å². The maximum Gasteiger partial charge on any atom is 0.407 e. The van der Waals surface area contributed by atoms with E-state index >= 15 is 0 Å². The minimum atomic E-state index is -0.911. The van der Waals surface area contributed by atoms with Gasteiger partial charge in [-0.2, -0.15) is 0 Å². The molecule has 3 atom stereocenters. The molecule has 6 aromatic rings. The van der Waals surface area contributed by atoms with E-state index in [-0.39, 0.29) is 24.4 Å². The van der Waals surface area contributed by atoms with Crippen molar-refractivity contribution in [2.75, 3.05) is 13.7 Å². The van der Waals surface area contributed by atoms with Crippen LogP contribution in [0.25, 0.3) is 44.2 Å². The number of alkyl carbamates (subject to hydrolysis) is 1. The Morgan fingerprint density at radius 2 is 1.72 bits per heavy atom. The van der Waals surface area contributed by atoms with Crippen LogP contribution in [0.1, 0.15) is 89.1 Å². The van der Waals surface area contributed by atoms with Crippen molar-refractivity contribution in [3.8, 4) is 28.1 Å². The fourth-order valence-electron chi connectivity index (χ4n) is 7.61. The fourth-order valence-corrected chi connectivity index (χ4v) is 7.61. The van der Waals surface area contributed by atoms with Gasteiger partial charge in [-0.1, -0.05) is 82.6 Å². The third kappa shape index (κ3) is 8.41. The van der Waals surface area contributed by atoms with Crippen molar-refractivity contribution in [1.29, 1.82) is 0 Å². The highest BCUT2D eigenvalue weighted by atomic mass is 16.5. The number of hydrogen-bond acceptors (Lipinski definition) is 7. The number of fused-ring (bicyclic) bond motifs is 6. The Kier molecular flexibility index (Phi) is 12.1. The number of H-pyrrole nitrogens is 2. The lowest BCUT2D eigenvalue weighted by Crippen LogP contribution is -2.43. The number of nitrogens with zero attached hydrogens (tertiary/aromatic N) is 4. The Bertz CT molecular complexity index is 2420. The third-order valence-corrected chi connectivity index (χ3v) is 11.3. The standard InChI is InChI=1S/C46H53N7O5/c1-7-19-52(45(55)43(51-46(56)57-6)30-13-11-10-12-14-30)25-41-48-37-18-16-31-22-36-34-17-15-32(21-33(34)27-58-39(36)23-35(31)44(37)50-41)38-24-47-40(49-38)26-53(29(5)9-3)42(54)20-28(4)8-2/h10-18,21-24,28-29,43H,7-9,19-20,25-27H2,1-6H3,(H,47,49)(H,48,50)(H,51,56)/t28-,29-,43+/m0/s1. The molecule has 0 saturated carbocycles. The van der Waals surface area contributed by atoms with Crippen LogP contribution in [0.15, 0.2) is 79.0 Å². The predicted molar refractivity (Wildman–Crippen MR) is 226 cm³/mol. The SMILES string of the molecule is CCCN(Cc1nc2c(ccc3cc4c(cc32)OCc2cc(-c3cnc(CN(C(=O)C[C@@H](C)CC)[C@@H](C)CC)[nH]3)ccc2-4)[nH]1)C(=O)[C@H](NC(=O)OC)c1ccccc1. The summed E-state index contributed by atoms with van der Waals surface area (Å²) in [5, 5.41) is 4.68. The van der Waals surface area contributed by atoms with Crippen LogP contribution in [0, 0.1) is 5.92 Å². The monoisotopic (exact) mass is 783 g/mol. The molecule has 1 aliphatic heterocycles. The Morgan fingerprint density at radius 1 is 0.914 bits per heavy atom. The Hall–Kier alpha value is -6.17. The van der Waals surface area contributed by atoms with Crippen LogP contribution in [-0.4, -0.2) is 67.3 Å². The molecular formula is C46H53N7O5. The molecule has 0 spiro atoms. The minimum absolute atomic E-state index is 0.122. The fraction of sp³-hybridized carbons (Fsp3) is 0.370. The van der Waals surface area contributed by atoms with Crippen LogP contribution in [0.4, 0.5) is 4.79 Å². The van der Waals surface area contributed by atoms with Gasteiger partial charge in [-0.05, 0) is 77.6 Å². The highest BCUT2D eigenvalue weighted by molar-refractivity contribution is 6.07. The Labute approximate surface area is 339 Å². The van der Waals surface area contributed by atoms with Gasteiger partial charge in [0.25, 0.3) is 0 Å². The number of carbonyl (C=O) groups is 3. The summed E-state index contributed by atoms with van der Waals surface area (Å²) >= 11 is 0. The number of rotatable bonds is 15. The van der Waals surface area contributed by atoms with Crippen LogP contribution in [-0.2, 0) is 34.0 Å². The summed E-state index contributed by atoms with van der Waals surface area (Å²) in [7, 11) is 1.28. The highest BCUT2D eigenvalue weighted by Crippen LogP contribution is 2.42. The number of methoxy groups -OCH3 is 1. The zero-order valence-electron chi connectivity index (χ0n) is 34.2. The van der Waals surface area contributed by atoms with E-state index < -0.39 is 12.1 Å². The number of hydrogen-bond donors (Lipinski definition) is 3. The minimum Gasteiger partial charge on any atom is -0.488 e. The van der Waals surface area contributed by atoms with Crippen molar-refractivity contribution < 1.29 is 23.9 Å². The average Bonchev–Trinajstić information content (AvgIpc) is 3.90. The van der Waals surface area contributed by atoms with Crippen LogP contribution < -0.4 is 10.1 Å². The molecular weight excluding hydrogens is 731 g/mol. The van der Waals surface area contributed by atoms with Crippen molar-refractivity contribution in [3.05, 3.63) is 102 Å². The van der Waals surface area contributed by atoms with Crippen molar-refractivity contribution in [2.24, 2.45) is 5.92 Å². The zero-order valence-corrected chi connectivity index (χ0v) is 34.2. The molecule has 12 nitrogen and oxygen atoms in total. The van der Waals surface area contributed by atoms with Gasteiger partial charge in [0.2, 0.25) is 11.8 Å². The number of aromatic nitrogens is 4. The number of aromatic amines is 2. The molecule has 302 valence electrons. The van der Waals surface area contributed by atoms with Gasteiger partial charge >= 0.3 is 6.09 Å². The second-order valence-corrected chi connectivity index (χ2v) is 15.4. The van der Waals surface area contributed by atoms with Gasteiger partial charge in [-0.25, -0.2) is 14.8 Å². The molecule has 0 bridgehead atoms. The first-order valence-electron chi connectivity index (χ1n) is 20.3. The molecule has 2 aromatic heterocycles. The van der Waals surface area contributed by atoms with E-state index in [1.54, 1.807) is 4.90 Å². The Morgan fingerprint density at radius 3 is 2.47 bits per heavy atom. The molecule has 12 heteroatoms. The van der Waals surface area contributed by atoms with Crippen molar-refractivity contribution in [1.82, 2.24) is 35.1 Å². The lowest BCUT2D eigenvalue weighted by molar-refractivity contribution is -0.135. The van der Waals surface area contributed by atoms with E-state index in [9.17, 15) is 14.4 Å². The summed E-state index contributed by atoms with van der Waals surface area (Å²) in [6.45, 7) is 12.0. The summed E-state index contributed by atoms with van der Waals surface area (Å²) in [5.41, 5.74) is 7.40. The zero-order chi connectivity index (χ0) is 40.9. The number of imidazole rings is 2. The summed E-state index contributed by atoms with van der Waals surface area (Å²) in [6.07, 6.45) is 4.28. The molecule has 58 heavy (non-hydrogen) atoms. The molecule has 7 rings (SSSR count). The molecule has 0 saturated heterocycles. The van der Waals surface area contributed by atoms with Gasteiger partial charge in [-0.3, -0.25) is 9.59 Å². The van der Waals surface area contributed by atoms with Crippen LogP contribution in [0.5, 0.6) is 5.75 Å². The summed E-state index contributed by atoms with van der Waals surface area (Å²) in [5.74, 6) is 2.44. The maximum absolute atomic E-state index is 14.0. The molecule has 0 fully saturated rings. The van der Waals surface area contributed by atoms with Crippen molar-refractivity contribution in [3.63, 3.8) is 0 Å². The maximum atomic E-state index is 14.0. The quantitative estimate of drug-likeness (QED) is 0.0942. The number of nitrogens with one attached hydrogen (secondary N) is 3. The second-order valence-electron chi connectivity index (χ2n) is 15.4. The lowest BCUT2D eigenvalue weighted by atomic mass is 9.92. The van der Waals surface area contributed by atoms with Gasteiger partial charge in [0.1, 0.15) is 30.0 Å². The van der Waals surface area contributed by atoms with Gasteiger partial charge in [-0.15, -0.1) is 0 Å². The summed E-state index contributed by atoms with van der Waals surface area (Å²) in [6, 6.07) is 23.1. The van der Waals surface area contributed by atoms with Crippen LogP contribution in [0.2, 0.25) is 0 Å². The van der Waals surface area contributed by atoms with E-state index in [4.69, 9.17) is 14.5 Å². The molecule has 4 aromatic carbocycles. The van der Waals surface area contributed by atoms with E-state index in [1.807, 2.05) is 54.4 Å². The molecule has 0 unspecified atom stereocenters. The smallest absolute Gasteiger partial charge is 0.407 e. The number of amides is 3. The molecule has 3 N–H and O–H groups in total. The normalized spacial score (nSPS) is 13.6. The van der Waals surface area contributed by atoms with Gasteiger partial charge in [0.05, 0.1) is 43.1 Å². The van der Waals surface area contributed by atoms with Gasteiger partial charge in [0.15, 0.2) is 0 Å². The first-order chi connectivity index (χ1) is 28.1. The van der Waals surface area contributed by atoms with Crippen LogP contribution >= 0.6 is 0 Å². The predicted octanol–water partition coefficient (Wildman–Crippen LogP) is 9.06. The first-order valence-corrected chi connectivity index (χ1v) is 20.3. The highest BCUT2D eigenvalue weighted by Gasteiger charge is 2.29. The number of carbonyl (C=O) groups excluding carboxylic acids is 3. The van der Waals surface area contributed by atoms with E-state index in [0.29, 0.717) is 43.4 Å². The molecule has 0 radical (unpaired) electrons. The number of ether oxygens (including phenoxy) is 2. The largest absolute Gasteiger partial charge is 0.488 e. The van der Waals surface area contributed by atoms with E-state index in [1.165, 1.54) is 7.11 Å². The summed E-state index contributed by atoms with van der Waals surface area (Å²) in [4.78, 5) is 59.7. The van der Waals surface area contributed by atoms with Crippen molar-refractivity contribution in [2.45, 2.75) is 92.1 Å². The lowest BCUT2D eigenvalue weighted by Gasteiger charge is -2.29. The van der Waals surface area contributed by atoms with E-state index in [0.717, 1.165) is 80.6 Å². The Balaban J connectivity index is 1.12. The third-order valence-electron chi connectivity index (χ3n) is 11.3. The van der Waals surface area contributed by atoms with Crippen LogP contribution in [0.3, 0.4) is 0 Å². The molecule has 3 amide bonds. The molecule has 0 aliphatic carbocycles. The second kappa shape index (κ2) is 17.5. The average molecular weight is 784 g/mol. The van der Waals surface area contributed by atoms with Gasteiger partial charge < -0.3 is 34.6 Å². The molecule has 1 aliphatic rings. The van der Waals surface area contributed by atoms with E-state index in [2.05, 4.69) is 84.4 Å².